The van der Waals surface area contributed by atoms with E-state index in [1.165, 1.54) is 0 Å². The Morgan fingerprint density at radius 1 is 1.17 bits per heavy atom. The molecule has 0 aromatic heterocycles. The van der Waals surface area contributed by atoms with Gasteiger partial charge >= 0.3 is 49.0 Å². The van der Waals surface area contributed by atoms with Crippen LogP contribution in [0.25, 0.3) is 0 Å². The summed E-state index contributed by atoms with van der Waals surface area (Å²) >= 11 is 2.24. The van der Waals surface area contributed by atoms with Gasteiger partial charge in [-0.1, -0.05) is 0 Å². The summed E-state index contributed by atoms with van der Waals surface area (Å²) in [5.74, 6) is 0.852. The summed E-state index contributed by atoms with van der Waals surface area (Å²) in [6.07, 6.45) is 0. The minimum atomic E-state index is 0.852. The molecule has 0 aromatic carbocycles. The molecule has 6 heavy (non-hydrogen) atoms. The predicted molar refractivity (Wildman–Crippen MR) is 30.0 cm³/mol. The average Bonchev–Trinajstić information content (AvgIpc) is 1.36. The minimum absolute atomic E-state index is 0.852. The van der Waals surface area contributed by atoms with Crippen LogP contribution in [-0.4, -0.2) is 17.7 Å². The second-order valence-corrected chi connectivity index (χ2v) is 2.49. The molecule has 0 bridgehead atoms. The Bertz CT molecular complexity index is 24.9. The monoisotopic (exact) mass is 78.1 g/mol. The molecule has 0 radical (unpaired) electrons. The first-order chi connectivity index (χ1) is 2.64. The van der Waals surface area contributed by atoms with Gasteiger partial charge in [0.2, 0.25) is 0 Å². The quantitative estimate of drug-likeness (QED) is 0.418. The SMILES string of the molecule is [Li][CH](C)C(C)C. The Morgan fingerprint density at radius 2 is 1.33 bits per heavy atom. The molecule has 1 unspecified atom stereocenters. The van der Waals surface area contributed by atoms with E-state index in [0.717, 1.165) is 10.5 Å². The van der Waals surface area contributed by atoms with Crippen molar-refractivity contribution in [1.29, 1.82) is 0 Å². The number of hydrogen-bond acceptors (Lipinski definition) is 0. The summed E-state index contributed by atoms with van der Waals surface area (Å²) in [6, 6.07) is 0. The molecule has 0 N–H and O–H groups in total. The Labute approximate surface area is 49.5 Å². The summed E-state index contributed by atoms with van der Waals surface area (Å²) in [5, 5.41) is 0. The van der Waals surface area contributed by atoms with E-state index >= 15 is 0 Å². The second-order valence-electron chi connectivity index (χ2n) is 2.49. The van der Waals surface area contributed by atoms with Crippen LogP contribution in [0, 0.1) is 5.92 Å². The molecule has 0 aliphatic heterocycles. The third-order valence-corrected chi connectivity index (χ3v) is 1.33. The van der Waals surface area contributed by atoms with Crippen LogP contribution < -0.4 is 0 Å². The first-order valence-corrected chi connectivity index (χ1v) is 2.64. The molecule has 0 rings (SSSR count). The normalized spacial score (nSPS) is 15.7. The summed E-state index contributed by atoms with van der Waals surface area (Å²) in [4.78, 5) is 0. The Hall–Kier alpha value is 0.597. The summed E-state index contributed by atoms with van der Waals surface area (Å²) < 4.78 is 0.852. The van der Waals surface area contributed by atoms with Crippen LogP contribution in [0.4, 0.5) is 0 Å². The van der Waals surface area contributed by atoms with Crippen LogP contribution in [0.15, 0.2) is 0 Å². The van der Waals surface area contributed by atoms with Crippen LogP contribution in [-0.2, 0) is 0 Å². The van der Waals surface area contributed by atoms with Crippen molar-refractivity contribution < 1.29 is 0 Å². The van der Waals surface area contributed by atoms with Gasteiger partial charge in [0.25, 0.3) is 0 Å². The summed E-state index contributed by atoms with van der Waals surface area (Å²) in [6.45, 7) is 6.72. The molecule has 32 valence electrons. The standard InChI is InChI=1S/C5H11.Li/c1-4-5(2)3;/h4-5H,1-3H3;. The van der Waals surface area contributed by atoms with Crippen LogP contribution in [0.1, 0.15) is 20.8 Å². The number of rotatable bonds is 1. The average molecular weight is 78.1 g/mol. The van der Waals surface area contributed by atoms with E-state index in [1.807, 2.05) is 0 Å². The third-order valence-electron chi connectivity index (χ3n) is 1.33. The fourth-order valence-electron chi connectivity index (χ4n) is 0. The van der Waals surface area contributed by atoms with Crippen LogP contribution in [0.3, 0.4) is 0 Å². The zero-order chi connectivity index (χ0) is 5.15. The van der Waals surface area contributed by atoms with Crippen LogP contribution in [0.2, 0.25) is 4.59 Å². The second kappa shape index (κ2) is 2.72. The van der Waals surface area contributed by atoms with Gasteiger partial charge in [-0.05, 0) is 0 Å². The molecule has 0 nitrogen and oxygen atoms in total. The number of hydrogen-bond donors (Lipinski definition) is 0. The molecule has 0 heterocycles. The van der Waals surface area contributed by atoms with Crippen molar-refractivity contribution in [2.75, 3.05) is 0 Å². The molecular weight excluding hydrogens is 67.0 g/mol. The molecular formula is C5H11Li. The molecule has 0 spiro atoms. The fraction of sp³-hybridized carbons (Fsp3) is 1.00. The molecule has 0 saturated carbocycles. The fourth-order valence-corrected chi connectivity index (χ4v) is 0. The first-order valence-electron chi connectivity index (χ1n) is 2.64. The van der Waals surface area contributed by atoms with E-state index in [-0.39, 0.29) is 0 Å². The van der Waals surface area contributed by atoms with Crippen molar-refractivity contribution in [1.82, 2.24) is 0 Å². The van der Waals surface area contributed by atoms with Crippen molar-refractivity contribution in [2.45, 2.75) is 25.4 Å². The van der Waals surface area contributed by atoms with Gasteiger partial charge in [0.05, 0.1) is 0 Å². The van der Waals surface area contributed by atoms with Crippen molar-refractivity contribution in [3.63, 3.8) is 0 Å². The molecule has 0 aliphatic rings. The van der Waals surface area contributed by atoms with E-state index in [9.17, 15) is 0 Å². The molecule has 0 aromatic rings. The first kappa shape index (κ1) is 6.60. The summed E-state index contributed by atoms with van der Waals surface area (Å²) in [5.41, 5.74) is 0. The van der Waals surface area contributed by atoms with Gasteiger partial charge in [0.15, 0.2) is 0 Å². The van der Waals surface area contributed by atoms with E-state index in [0.29, 0.717) is 0 Å². The van der Waals surface area contributed by atoms with Crippen molar-refractivity contribution >= 4 is 17.7 Å². The van der Waals surface area contributed by atoms with Crippen molar-refractivity contribution in [3.05, 3.63) is 0 Å². The van der Waals surface area contributed by atoms with Gasteiger partial charge in [0.1, 0.15) is 0 Å². The van der Waals surface area contributed by atoms with E-state index < -0.39 is 0 Å². The van der Waals surface area contributed by atoms with Gasteiger partial charge in [0, 0.05) is 0 Å². The molecule has 1 heteroatoms. The van der Waals surface area contributed by atoms with Gasteiger partial charge in [-0.15, -0.1) is 0 Å². The molecule has 0 saturated heterocycles. The topological polar surface area (TPSA) is 0 Å². The van der Waals surface area contributed by atoms with E-state index in [1.54, 1.807) is 0 Å². The molecule has 0 aliphatic carbocycles. The van der Waals surface area contributed by atoms with E-state index in [4.69, 9.17) is 0 Å². The van der Waals surface area contributed by atoms with Crippen LogP contribution in [0.5, 0.6) is 0 Å². The van der Waals surface area contributed by atoms with Gasteiger partial charge in [-0.25, -0.2) is 0 Å². The van der Waals surface area contributed by atoms with Crippen molar-refractivity contribution in [3.8, 4) is 0 Å². The third kappa shape index (κ3) is 2.81. The summed E-state index contributed by atoms with van der Waals surface area (Å²) in [7, 11) is 0. The Morgan fingerprint density at radius 3 is 1.33 bits per heavy atom. The Balaban J connectivity index is 2.99. The zero-order valence-electron chi connectivity index (χ0n) is 5.15. The van der Waals surface area contributed by atoms with Gasteiger partial charge in [-0.2, -0.15) is 0 Å². The molecule has 0 amide bonds. The van der Waals surface area contributed by atoms with Gasteiger partial charge < -0.3 is 0 Å². The Kier molecular flexibility index (Phi) is 2.99. The maximum absolute atomic E-state index is 2.24. The predicted octanol–water partition coefficient (Wildman–Crippen LogP) is 1.62. The van der Waals surface area contributed by atoms with Crippen molar-refractivity contribution in [2.24, 2.45) is 5.92 Å². The van der Waals surface area contributed by atoms with Gasteiger partial charge in [-0.3, -0.25) is 0 Å². The van der Waals surface area contributed by atoms with E-state index in [2.05, 4.69) is 38.5 Å². The van der Waals surface area contributed by atoms with Crippen LogP contribution >= 0.6 is 0 Å². The maximum atomic E-state index is 2.24. The molecule has 0 fully saturated rings. The molecule has 1 atom stereocenters. The zero-order valence-corrected chi connectivity index (χ0v) is 5.15.